The molecule has 3 rings (SSSR count). The molecular weight excluding hydrogens is 314 g/mol. The zero-order chi connectivity index (χ0) is 17.8. The Morgan fingerprint density at radius 3 is 2.56 bits per heavy atom. The molecule has 0 radical (unpaired) electrons. The minimum atomic E-state index is -0.195. The number of ether oxygens (including phenoxy) is 2. The molecule has 0 fully saturated rings. The first-order valence-electron chi connectivity index (χ1n) is 8.40. The van der Waals surface area contributed by atoms with Crippen LogP contribution in [0.25, 0.3) is 10.9 Å². The highest BCUT2D eigenvalue weighted by Gasteiger charge is 2.18. The van der Waals surface area contributed by atoms with E-state index in [2.05, 4.69) is 35.9 Å². The van der Waals surface area contributed by atoms with E-state index in [0.29, 0.717) is 6.42 Å². The molecule has 1 atom stereocenters. The summed E-state index contributed by atoms with van der Waals surface area (Å²) in [5.74, 6) is 0.690. The van der Waals surface area contributed by atoms with Crippen LogP contribution in [0.1, 0.15) is 30.4 Å². The average Bonchev–Trinajstić information content (AvgIpc) is 3.00. The van der Waals surface area contributed by atoms with E-state index in [0.717, 1.165) is 28.8 Å². The number of esters is 1. The predicted molar refractivity (Wildman–Crippen MR) is 99.1 cm³/mol. The van der Waals surface area contributed by atoms with Gasteiger partial charge in [-0.2, -0.15) is 0 Å². The second-order valence-corrected chi connectivity index (χ2v) is 6.26. The highest BCUT2D eigenvalue weighted by atomic mass is 16.5. The van der Waals surface area contributed by atoms with E-state index in [-0.39, 0.29) is 11.9 Å². The lowest BCUT2D eigenvalue weighted by atomic mass is 9.97. The van der Waals surface area contributed by atoms with E-state index in [1.807, 2.05) is 30.3 Å². The third-order valence-electron chi connectivity index (χ3n) is 4.55. The molecule has 3 aromatic rings. The van der Waals surface area contributed by atoms with Crippen molar-refractivity contribution in [2.45, 2.75) is 25.8 Å². The summed E-state index contributed by atoms with van der Waals surface area (Å²) in [5.41, 5.74) is 3.51. The van der Waals surface area contributed by atoms with Gasteiger partial charge in [0.25, 0.3) is 0 Å². The monoisotopic (exact) mass is 337 g/mol. The first kappa shape index (κ1) is 17.1. The summed E-state index contributed by atoms with van der Waals surface area (Å²) in [6, 6.07) is 16.4. The van der Waals surface area contributed by atoms with Gasteiger partial charge < -0.3 is 14.0 Å². The standard InChI is InChI=1S/C21H23NO3/c1-15(11-21(23)25-3)19-14-22(13-16-7-5-4-6-8-16)20-10-9-17(24-2)12-18(19)20/h4-10,12,14-15H,11,13H2,1-3H3/t15-/m0/s1. The first-order chi connectivity index (χ1) is 12.1. The van der Waals surface area contributed by atoms with Crippen molar-refractivity contribution in [1.29, 1.82) is 0 Å². The van der Waals surface area contributed by atoms with E-state index >= 15 is 0 Å². The summed E-state index contributed by atoms with van der Waals surface area (Å²) >= 11 is 0. The van der Waals surface area contributed by atoms with Crippen LogP contribution in [0.4, 0.5) is 0 Å². The number of fused-ring (bicyclic) bond motifs is 1. The van der Waals surface area contributed by atoms with E-state index in [9.17, 15) is 4.79 Å². The molecule has 0 aliphatic heterocycles. The topological polar surface area (TPSA) is 40.5 Å². The molecule has 0 saturated heterocycles. The Balaban J connectivity index is 2.04. The molecule has 0 spiro atoms. The van der Waals surface area contributed by atoms with E-state index in [1.54, 1.807) is 7.11 Å². The molecule has 0 aliphatic rings. The molecule has 1 aromatic heterocycles. The summed E-state index contributed by atoms with van der Waals surface area (Å²) in [7, 11) is 3.09. The van der Waals surface area contributed by atoms with Crippen LogP contribution < -0.4 is 4.74 Å². The number of carbonyl (C=O) groups is 1. The van der Waals surface area contributed by atoms with Crippen molar-refractivity contribution >= 4 is 16.9 Å². The second kappa shape index (κ2) is 7.43. The van der Waals surface area contributed by atoms with E-state index in [4.69, 9.17) is 9.47 Å². The summed E-state index contributed by atoms with van der Waals surface area (Å²) < 4.78 is 12.4. The van der Waals surface area contributed by atoms with Crippen molar-refractivity contribution in [3.8, 4) is 5.75 Å². The Bertz CT molecular complexity index is 867. The third kappa shape index (κ3) is 3.68. The quantitative estimate of drug-likeness (QED) is 0.627. The SMILES string of the molecule is COC(=O)C[C@H](C)c1cn(Cc2ccccc2)c2ccc(OC)cc12. The molecule has 0 saturated carbocycles. The van der Waals surface area contributed by atoms with Gasteiger partial charge in [0.2, 0.25) is 0 Å². The molecule has 0 amide bonds. The molecule has 4 heteroatoms. The van der Waals surface area contributed by atoms with Crippen LogP contribution in [-0.4, -0.2) is 24.8 Å². The van der Waals surface area contributed by atoms with Crippen molar-refractivity contribution in [3.63, 3.8) is 0 Å². The summed E-state index contributed by atoms with van der Waals surface area (Å²) in [4.78, 5) is 11.7. The minimum Gasteiger partial charge on any atom is -0.497 e. The zero-order valence-electron chi connectivity index (χ0n) is 14.9. The van der Waals surface area contributed by atoms with Gasteiger partial charge in [0, 0.05) is 23.6 Å². The van der Waals surface area contributed by atoms with Crippen molar-refractivity contribution in [2.75, 3.05) is 14.2 Å². The maximum absolute atomic E-state index is 11.7. The number of aromatic nitrogens is 1. The summed E-state index contributed by atoms with van der Waals surface area (Å²) in [6.07, 6.45) is 2.50. The smallest absolute Gasteiger partial charge is 0.306 e. The van der Waals surface area contributed by atoms with Gasteiger partial charge in [-0.15, -0.1) is 0 Å². The molecular formula is C21H23NO3. The number of benzene rings is 2. The Hall–Kier alpha value is -2.75. The average molecular weight is 337 g/mol. The van der Waals surface area contributed by atoms with Crippen LogP contribution in [0.5, 0.6) is 5.75 Å². The fourth-order valence-electron chi connectivity index (χ4n) is 3.18. The Labute approximate surface area is 148 Å². The Morgan fingerprint density at radius 2 is 1.88 bits per heavy atom. The first-order valence-corrected chi connectivity index (χ1v) is 8.40. The third-order valence-corrected chi connectivity index (χ3v) is 4.55. The number of carbonyl (C=O) groups excluding carboxylic acids is 1. The van der Waals surface area contributed by atoms with Gasteiger partial charge in [-0.25, -0.2) is 0 Å². The maximum Gasteiger partial charge on any atom is 0.306 e. The molecule has 0 unspecified atom stereocenters. The van der Waals surface area contributed by atoms with Crippen molar-refractivity contribution in [3.05, 3.63) is 65.9 Å². The number of rotatable bonds is 6. The number of nitrogens with zero attached hydrogens (tertiary/aromatic N) is 1. The van der Waals surface area contributed by atoms with Crippen LogP contribution in [0.2, 0.25) is 0 Å². The number of methoxy groups -OCH3 is 2. The maximum atomic E-state index is 11.7. The molecule has 4 nitrogen and oxygen atoms in total. The normalized spacial score (nSPS) is 12.1. The van der Waals surface area contributed by atoms with Crippen LogP contribution in [0.15, 0.2) is 54.7 Å². The lowest BCUT2D eigenvalue weighted by Gasteiger charge is -2.09. The lowest BCUT2D eigenvalue weighted by molar-refractivity contribution is -0.140. The van der Waals surface area contributed by atoms with Gasteiger partial charge in [0.1, 0.15) is 5.75 Å². The fourth-order valence-corrected chi connectivity index (χ4v) is 3.18. The van der Waals surface area contributed by atoms with Gasteiger partial charge >= 0.3 is 5.97 Å². The van der Waals surface area contributed by atoms with Crippen molar-refractivity contribution < 1.29 is 14.3 Å². The molecule has 25 heavy (non-hydrogen) atoms. The van der Waals surface area contributed by atoms with Gasteiger partial charge in [-0.3, -0.25) is 4.79 Å². The summed E-state index contributed by atoms with van der Waals surface area (Å²) in [6.45, 7) is 2.84. The molecule has 2 aromatic carbocycles. The molecule has 0 bridgehead atoms. The second-order valence-electron chi connectivity index (χ2n) is 6.26. The van der Waals surface area contributed by atoms with Gasteiger partial charge in [-0.05, 0) is 35.2 Å². The number of hydrogen-bond donors (Lipinski definition) is 0. The molecule has 1 heterocycles. The van der Waals surface area contributed by atoms with Gasteiger partial charge in [0.15, 0.2) is 0 Å². The van der Waals surface area contributed by atoms with Crippen LogP contribution in [0.3, 0.4) is 0 Å². The van der Waals surface area contributed by atoms with Crippen molar-refractivity contribution in [2.24, 2.45) is 0 Å². The zero-order valence-corrected chi connectivity index (χ0v) is 14.9. The predicted octanol–water partition coefficient (Wildman–Crippen LogP) is 4.36. The van der Waals surface area contributed by atoms with Crippen LogP contribution in [0, 0.1) is 0 Å². The van der Waals surface area contributed by atoms with E-state index in [1.165, 1.54) is 12.7 Å². The van der Waals surface area contributed by atoms with Gasteiger partial charge in [0.05, 0.1) is 20.6 Å². The molecule has 130 valence electrons. The van der Waals surface area contributed by atoms with Gasteiger partial charge in [-0.1, -0.05) is 37.3 Å². The largest absolute Gasteiger partial charge is 0.497 e. The molecule has 0 aliphatic carbocycles. The highest BCUT2D eigenvalue weighted by molar-refractivity contribution is 5.86. The Kier molecular flexibility index (Phi) is 5.08. The summed E-state index contributed by atoms with van der Waals surface area (Å²) in [5, 5.41) is 1.12. The van der Waals surface area contributed by atoms with E-state index < -0.39 is 0 Å². The minimum absolute atomic E-state index is 0.0686. The van der Waals surface area contributed by atoms with Crippen LogP contribution >= 0.6 is 0 Å². The highest BCUT2D eigenvalue weighted by Crippen LogP contribution is 2.32. The van der Waals surface area contributed by atoms with Crippen molar-refractivity contribution in [1.82, 2.24) is 4.57 Å². The lowest BCUT2D eigenvalue weighted by Crippen LogP contribution is -2.05. The molecule has 0 N–H and O–H groups in total. The number of hydrogen-bond acceptors (Lipinski definition) is 3. The van der Waals surface area contributed by atoms with Crippen LogP contribution in [-0.2, 0) is 16.1 Å². The Morgan fingerprint density at radius 1 is 1.12 bits per heavy atom. The fraction of sp³-hybridized carbons (Fsp3) is 0.286.